The molecular weight excluding hydrogens is 160 g/mol. The SMILES string of the molecule is Cc1cccc([Si](O)(O)O)c1. The highest BCUT2D eigenvalue weighted by Gasteiger charge is 2.29. The van der Waals surface area contributed by atoms with Crippen LogP contribution in [0.1, 0.15) is 5.56 Å². The molecule has 0 amide bonds. The third-order valence-electron chi connectivity index (χ3n) is 1.41. The number of benzene rings is 1. The largest absolute Gasteiger partial charge is 0.528 e. The lowest BCUT2D eigenvalue weighted by atomic mass is 10.2. The molecule has 0 aromatic heterocycles. The lowest BCUT2D eigenvalue weighted by molar-refractivity contribution is 0.249. The van der Waals surface area contributed by atoms with E-state index in [9.17, 15) is 0 Å². The van der Waals surface area contributed by atoms with Crippen LogP contribution in [0.5, 0.6) is 0 Å². The van der Waals surface area contributed by atoms with Crippen molar-refractivity contribution in [3.8, 4) is 0 Å². The minimum Gasteiger partial charge on any atom is -0.386 e. The van der Waals surface area contributed by atoms with E-state index >= 15 is 0 Å². The number of rotatable bonds is 1. The molecule has 1 rings (SSSR count). The molecule has 0 saturated carbocycles. The maximum absolute atomic E-state index is 8.86. The van der Waals surface area contributed by atoms with E-state index in [0.29, 0.717) is 0 Å². The Morgan fingerprint density at radius 1 is 1.18 bits per heavy atom. The molecule has 0 saturated heterocycles. The molecule has 1 aromatic rings. The monoisotopic (exact) mass is 170 g/mol. The van der Waals surface area contributed by atoms with Gasteiger partial charge in [-0.1, -0.05) is 29.8 Å². The Morgan fingerprint density at radius 3 is 2.18 bits per heavy atom. The summed E-state index contributed by atoms with van der Waals surface area (Å²) in [6, 6.07) is 6.56. The van der Waals surface area contributed by atoms with Gasteiger partial charge in [0.1, 0.15) is 0 Å². The zero-order chi connectivity index (χ0) is 8.48. The molecule has 0 heterocycles. The Morgan fingerprint density at radius 2 is 1.82 bits per heavy atom. The van der Waals surface area contributed by atoms with Crippen molar-refractivity contribution in [2.75, 3.05) is 0 Å². The number of aryl methyl sites for hydroxylation is 1. The first-order valence-electron chi connectivity index (χ1n) is 3.24. The molecule has 4 heteroatoms. The minimum absolute atomic E-state index is 0.220. The van der Waals surface area contributed by atoms with Crippen LogP contribution in [0.2, 0.25) is 0 Å². The molecule has 0 spiro atoms. The van der Waals surface area contributed by atoms with E-state index in [1.165, 1.54) is 6.07 Å². The van der Waals surface area contributed by atoms with Gasteiger partial charge in [0.2, 0.25) is 0 Å². The van der Waals surface area contributed by atoms with E-state index in [4.69, 9.17) is 14.4 Å². The van der Waals surface area contributed by atoms with Crippen molar-refractivity contribution in [3.63, 3.8) is 0 Å². The van der Waals surface area contributed by atoms with Crippen molar-refractivity contribution in [3.05, 3.63) is 29.8 Å². The topological polar surface area (TPSA) is 60.7 Å². The van der Waals surface area contributed by atoms with Crippen LogP contribution < -0.4 is 5.19 Å². The first-order valence-corrected chi connectivity index (χ1v) is 5.08. The summed E-state index contributed by atoms with van der Waals surface area (Å²) in [4.78, 5) is 26.6. The predicted molar refractivity (Wildman–Crippen MR) is 43.2 cm³/mol. The van der Waals surface area contributed by atoms with E-state index in [0.717, 1.165) is 5.56 Å². The van der Waals surface area contributed by atoms with Crippen LogP contribution in [0.4, 0.5) is 0 Å². The van der Waals surface area contributed by atoms with E-state index in [-0.39, 0.29) is 5.19 Å². The highest BCUT2D eigenvalue weighted by molar-refractivity contribution is 6.71. The van der Waals surface area contributed by atoms with E-state index in [2.05, 4.69) is 0 Å². The number of hydrogen-bond acceptors (Lipinski definition) is 3. The molecule has 0 bridgehead atoms. The summed E-state index contributed by atoms with van der Waals surface area (Å²) in [6.07, 6.45) is 0. The molecule has 60 valence electrons. The first kappa shape index (κ1) is 8.41. The third-order valence-corrected chi connectivity index (χ3v) is 2.49. The molecule has 1 aromatic carbocycles. The Hall–Kier alpha value is -0.683. The molecule has 11 heavy (non-hydrogen) atoms. The second-order valence-electron chi connectivity index (χ2n) is 2.50. The quantitative estimate of drug-likeness (QED) is 0.480. The molecular formula is C7H10O3Si. The summed E-state index contributed by atoms with van der Waals surface area (Å²) in [6.45, 7) is 1.82. The molecule has 0 atom stereocenters. The minimum atomic E-state index is -4.06. The van der Waals surface area contributed by atoms with Gasteiger partial charge in [-0.05, 0) is 6.92 Å². The summed E-state index contributed by atoms with van der Waals surface area (Å²) >= 11 is 0. The fourth-order valence-corrected chi connectivity index (χ4v) is 1.59. The average Bonchev–Trinajstić information content (AvgIpc) is 1.86. The maximum atomic E-state index is 8.86. The van der Waals surface area contributed by atoms with Crippen LogP contribution in [-0.2, 0) is 0 Å². The van der Waals surface area contributed by atoms with E-state index in [1.54, 1.807) is 12.1 Å². The van der Waals surface area contributed by atoms with Gasteiger partial charge in [-0.3, -0.25) is 0 Å². The maximum Gasteiger partial charge on any atom is 0.528 e. The normalized spacial score (nSPS) is 11.6. The second-order valence-corrected chi connectivity index (χ2v) is 4.35. The van der Waals surface area contributed by atoms with Gasteiger partial charge in [-0.15, -0.1) is 0 Å². The first-order chi connectivity index (χ1) is 5.00. The molecule has 0 aliphatic heterocycles. The average molecular weight is 170 g/mol. The molecule has 0 aliphatic carbocycles. The molecule has 3 N–H and O–H groups in total. The summed E-state index contributed by atoms with van der Waals surface area (Å²) in [5.74, 6) is 0. The Bertz CT molecular complexity index is 254. The lowest BCUT2D eigenvalue weighted by Crippen LogP contribution is -2.48. The summed E-state index contributed by atoms with van der Waals surface area (Å²) in [5, 5.41) is 0.220. The van der Waals surface area contributed by atoms with Gasteiger partial charge in [0.05, 0.1) is 0 Å². The van der Waals surface area contributed by atoms with Gasteiger partial charge in [0.15, 0.2) is 0 Å². The van der Waals surface area contributed by atoms with E-state index < -0.39 is 8.80 Å². The van der Waals surface area contributed by atoms with Crippen LogP contribution in [0.15, 0.2) is 24.3 Å². The van der Waals surface area contributed by atoms with Crippen LogP contribution in [0.25, 0.3) is 0 Å². The zero-order valence-electron chi connectivity index (χ0n) is 6.15. The zero-order valence-corrected chi connectivity index (χ0v) is 7.15. The van der Waals surface area contributed by atoms with Crippen LogP contribution in [-0.4, -0.2) is 23.2 Å². The second kappa shape index (κ2) is 2.75. The Labute approximate surface area is 65.9 Å². The highest BCUT2D eigenvalue weighted by Crippen LogP contribution is 1.96. The van der Waals surface area contributed by atoms with Crippen molar-refractivity contribution in [1.82, 2.24) is 0 Å². The summed E-state index contributed by atoms with van der Waals surface area (Å²) in [5.41, 5.74) is 0.900. The van der Waals surface area contributed by atoms with Crippen LogP contribution in [0.3, 0.4) is 0 Å². The van der Waals surface area contributed by atoms with Gasteiger partial charge in [-0.25, -0.2) is 0 Å². The van der Waals surface area contributed by atoms with E-state index in [1.807, 2.05) is 13.0 Å². The molecule has 0 fully saturated rings. The highest BCUT2D eigenvalue weighted by atomic mass is 28.4. The van der Waals surface area contributed by atoms with Gasteiger partial charge < -0.3 is 14.4 Å². The van der Waals surface area contributed by atoms with Crippen molar-refractivity contribution >= 4 is 14.0 Å². The van der Waals surface area contributed by atoms with Gasteiger partial charge in [0.25, 0.3) is 0 Å². The molecule has 0 radical (unpaired) electrons. The predicted octanol–water partition coefficient (Wildman–Crippen LogP) is -0.882. The smallest absolute Gasteiger partial charge is 0.386 e. The lowest BCUT2D eigenvalue weighted by Gasteiger charge is -2.09. The number of hydrogen-bond donors (Lipinski definition) is 3. The van der Waals surface area contributed by atoms with Crippen LogP contribution >= 0.6 is 0 Å². The summed E-state index contributed by atoms with van der Waals surface area (Å²) in [7, 11) is -4.06. The Balaban J connectivity index is 3.06. The standard InChI is InChI=1S/C7H10O3Si/c1-6-3-2-4-7(5-6)11(8,9)10/h2-5,8-10H,1H3. The molecule has 0 aliphatic rings. The van der Waals surface area contributed by atoms with Gasteiger partial charge in [0, 0.05) is 5.19 Å². The van der Waals surface area contributed by atoms with Crippen molar-refractivity contribution in [2.45, 2.75) is 6.92 Å². The van der Waals surface area contributed by atoms with Crippen LogP contribution in [0, 0.1) is 6.92 Å². The fourth-order valence-electron chi connectivity index (χ4n) is 0.854. The van der Waals surface area contributed by atoms with Crippen molar-refractivity contribution in [1.29, 1.82) is 0 Å². The fraction of sp³-hybridized carbons (Fsp3) is 0.143. The third kappa shape index (κ3) is 2.13. The summed E-state index contributed by atoms with van der Waals surface area (Å²) < 4.78 is 0. The van der Waals surface area contributed by atoms with Crippen molar-refractivity contribution in [2.24, 2.45) is 0 Å². The molecule has 3 nitrogen and oxygen atoms in total. The van der Waals surface area contributed by atoms with Gasteiger partial charge >= 0.3 is 8.80 Å². The Kier molecular flexibility index (Phi) is 2.10. The molecule has 0 unspecified atom stereocenters. The van der Waals surface area contributed by atoms with Crippen molar-refractivity contribution < 1.29 is 14.4 Å². The van der Waals surface area contributed by atoms with Gasteiger partial charge in [-0.2, -0.15) is 0 Å².